The standard InChI is InChI=1S/C21H22FN3/c22-18-7-5-16(6-8-18)21(25-12-1-2-13-25)15-24-19-9-10-20-17(14-19)4-3-11-23-20/h3-11,14,21,24H,1-2,12-13,15H2. The van der Waals surface area contributed by atoms with Gasteiger partial charge in [0, 0.05) is 23.8 Å². The maximum Gasteiger partial charge on any atom is 0.123 e. The summed E-state index contributed by atoms with van der Waals surface area (Å²) < 4.78 is 13.3. The molecule has 1 unspecified atom stereocenters. The minimum atomic E-state index is -0.182. The minimum Gasteiger partial charge on any atom is -0.383 e. The molecule has 0 radical (unpaired) electrons. The van der Waals surface area contributed by atoms with Crippen LogP contribution in [0.15, 0.2) is 60.8 Å². The van der Waals surface area contributed by atoms with E-state index in [-0.39, 0.29) is 11.9 Å². The lowest BCUT2D eigenvalue weighted by Gasteiger charge is -2.28. The fourth-order valence-electron chi connectivity index (χ4n) is 3.60. The molecule has 1 atom stereocenters. The Hall–Kier alpha value is -2.46. The molecule has 1 fully saturated rings. The first-order valence-corrected chi connectivity index (χ1v) is 8.88. The zero-order chi connectivity index (χ0) is 17.1. The maximum atomic E-state index is 13.3. The van der Waals surface area contributed by atoms with Crippen molar-refractivity contribution in [3.63, 3.8) is 0 Å². The highest BCUT2D eigenvalue weighted by molar-refractivity contribution is 5.82. The second-order valence-corrected chi connectivity index (χ2v) is 6.60. The normalized spacial score (nSPS) is 16.2. The Morgan fingerprint density at radius 2 is 1.84 bits per heavy atom. The van der Waals surface area contributed by atoms with E-state index in [2.05, 4.69) is 33.4 Å². The SMILES string of the molecule is Fc1ccc(C(CNc2ccc3ncccc3c2)N2CCCC2)cc1. The van der Waals surface area contributed by atoms with Gasteiger partial charge in [-0.3, -0.25) is 9.88 Å². The van der Waals surface area contributed by atoms with Crippen molar-refractivity contribution >= 4 is 16.6 Å². The van der Waals surface area contributed by atoms with Crippen LogP contribution in [-0.4, -0.2) is 29.5 Å². The molecule has 1 N–H and O–H groups in total. The van der Waals surface area contributed by atoms with E-state index in [0.717, 1.165) is 36.2 Å². The second-order valence-electron chi connectivity index (χ2n) is 6.60. The number of aromatic nitrogens is 1. The molecule has 4 heteroatoms. The van der Waals surface area contributed by atoms with E-state index in [1.807, 2.05) is 30.5 Å². The van der Waals surface area contributed by atoms with Crippen LogP contribution >= 0.6 is 0 Å². The highest BCUT2D eigenvalue weighted by Gasteiger charge is 2.23. The van der Waals surface area contributed by atoms with Gasteiger partial charge in [-0.1, -0.05) is 18.2 Å². The number of hydrogen-bond acceptors (Lipinski definition) is 3. The summed E-state index contributed by atoms with van der Waals surface area (Å²) in [4.78, 5) is 6.85. The van der Waals surface area contributed by atoms with Gasteiger partial charge in [0.15, 0.2) is 0 Å². The molecule has 1 aliphatic rings. The van der Waals surface area contributed by atoms with Crippen molar-refractivity contribution < 1.29 is 4.39 Å². The molecule has 0 aliphatic carbocycles. The van der Waals surface area contributed by atoms with Gasteiger partial charge in [-0.25, -0.2) is 4.39 Å². The van der Waals surface area contributed by atoms with E-state index in [0.29, 0.717) is 0 Å². The topological polar surface area (TPSA) is 28.2 Å². The summed E-state index contributed by atoms with van der Waals surface area (Å²) in [5.41, 5.74) is 3.26. The van der Waals surface area contributed by atoms with Gasteiger partial charge in [-0.2, -0.15) is 0 Å². The summed E-state index contributed by atoms with van der Waals surface area (Å²) in [5, 5.41) is 4.70. The summed E-state index contributed by atoms with van der Waals surface area (Å²) in [5.74, 6) is -0.182. The zero-order valence-electron chi connectivity index (χ0n) is 14.2. The van der Waals surface area contributed by atoms with Crippen LogP contribution in [0.1, 0.15) is 24.4 Å². The van der Waals surface area contributed by atoms with Crippen molar-refractivity contribution in [1.82, 2.24) is 9.88 Å². The summed E-state index contributed by atoms with van der Waals surface area (Å²) in [6.45, 7) is 3.01. The predicted molar refractivity (Wildman–Crippen MR) is 100 cm³/mol. The Bertz CT molecular complexity index is 841. The maximum absolute atomic E-state index is 13.3. The number of hydrogen-bond donors (Lipinski definition) is 1. The quantitative estimate of drug-likeness (QED) is 0.737. The third-order valence-corrected chi connectivity index (χ3v) is 4.94. The van der Waals surface area contributed by atoms with Gasteiger partial charge in [0.05, 0.1) is 11.6 Å². The fraction of sp³-hybridized carbons (Fsp3) is 0.286. The number of nitrogens with one attached hydrogen (secondary N) is 1. The highest BCUT2D eigenvalue weighted by Crippen LogP contribution is 2.26. The number of likely N-dealkylation sites (tertiary alicyclic amines) is 1. The van der Waals surface area contributed by atoms with Gasteiger partial charge in [0.1, 0.15) is 5.82 Å². The first-order valence-electron chi connectivity index (χ1n) is 8.88. The Balaban J connectivity index is 1.54. The molecule has 1 saturated heterocycles. The number of nitrogens with zero attached hydrogens (tertiary/aromatic N) is 2. The smallest absolute Gasteiger partial charge is 0.123 e. The minimum absolute atomic E-state index is 0.182. The average molecular weight is 335 g/mol. The predicted octanol–water partition coefficient (Wildman–Crippen LogP) is 4.62. The van der Waals surface area contributed by atoms with Crippen LogP contribution in [0.3, 0.4) is 0 Å². The second kappa shape index (κ2) is 7.19. The first kappa shape index (κ1) is 16.0. The molecule has 3 nitrogen and oxygen atoms in total. The monoisotopic (exact) mass is 335 g/mol. The van der Waals surface area contributed by atoms with Crippen LogP contribution in [0.4, 0.5) is 10.1 Å². The Morgan fingerprint density at radius 1 is 1.04 bits per heavy atom. The van der Waals surface area contributed by atoms with Gasteiger partial charge >= 0.3 is 0 Å². The van der Waals surface area contributed by atoms with E-state index in [1.54, 1.807) is 12.1 Å². The molecule has 0 bridgehead atoms. The molecule has 1 aromatic heterocycles. The van der Waals surface area contributed by atoms with E-state index in [4.69, 9.17) is 0 Å². The van der Waals surface area contributed by atoms with Crippen molar-refractivity contribution in [2.45, 2.75) is 18.9 Å². The lowest BCUT2D eigenvalue weighted by atomic mass is 10.1. The first-order chi connectivity index (χ1) is 12.3. The van der Waals surface area contributed by atoms with Crippen LogP contribution in [0.25, 0.3) is 10.9 Å². The lowest BCUT2D eigenvalue weighted by molar-refractivity contribution is 0.256. The Labute approximate surface area is 147 Å². The molecule has 25 heavy (non-hydrogen) atoms. The van der Waals surface area contributed by atoms with Gasteiger partial charge in [0.25, 0.3) is 0 Å². The molecule has 2 heterocycles. The highest BCUT2D eigenvalue weighted by atomic mass is 19.1. The van der Waals surface area contributed by atoms with Crippen molar-refractivity contribution in [2.75, 3.05) is 25.0 Å². The Morgan fingerprint density at radius 3 is 2.64 bits per heavy atom. The summed E-state index contributed by atoms with van der Waals surface area (Å²) in [7, 11) is 0. The van der Waals surface area contributed by atoms with E-state index < -0.39 is 0 Å². The summed E-state index contributed by atoms with van der Waals surface area (Å²) in [6, 6.07) is 17.5. The molecule has 0 spiro atoms. The van der Waals surface area contributed by atoms with Crippen molar-refractivity contribution in [3.8, 4) is 0 Å². The van der Waals surface area contributed by atoms with Crippen molar-refractivity contribution in [3.05, 3.63) is 72.2 Å². The van der Waals surface area contributed by atoms with Gasteiger partial charge in [-0.05, 0) is 67.9 Å². The van der Waals surface area contributed by atoms with Gasteiger partial charge in [-0.15, -0.1) is 0 Å². The zero-order valence-corrected chi connectivity index (χ0v) is 14.2. The van der Waals surface area contributed by atoms with Crippen molar-refractivity contribution in [1.29, 1.82) is 0 Å². The number of halogens is 1. The summed E-state index contributed by atoms with van der Waals surface area (Å²) in [6.07, 6.45) is 4.28. The van der Waals surface area contributed by atoms with Gasteiger partial charge < -0.3 is 5.32 Å². The van der Waals surface area contributed by atoms with Crippen LogP contribution in [-0.2, 0) is 0 Å². The van der Waals surface area contributed by atoms with E-state index in [9.17, 15) is 4.39 Å². The fourth-order valence-corrected chi connectivity index (χ4v) is 3.60. The molecule has 3 aromatic rings. The van der Waals surface area contributed by atoms with Gasteiger partial charge in [0.2, 0.25) is 0 Å². The molecule has 128 valence electrons. The Kier molecular flexibility index (Phi) is 4.61. The third-order valence-electron chi connectivity index (χ3n) is 4.94. The molecular weight excluding hydrogens is 313 g/mol. The number of anilines is 1. The number of fused-ring (bicyclic) bond motifs is 1. The van der Waals surface area contributed by atoms with E-state index in [1.165, 1.54) is 18.4 Å². The summed E-state index contributed by atoms with van der Waals surface area (Å²) >= 11 is 0. The van der Waals surface area contributed by atoms with Crippen LogP contribution < -0.4 is 5.32 Å². The largest absolute Gasteiger partial charge is 0.383 e. The number of pyridine rings is 1. The van der Waals surface area contributed by atoms with Crippen LogP contribution in [0.2, 0.25) is 0 Å². The van der Waals surface area contributed by atoms with Crippen LogP contribution in [0.5, 0.6) is 0 Å². The number of rotatable bonds is 5. The number of benzene rings is 2. The molecule has 0 saturated carbocycles. The molecule has 4 rings (SSSR count). The molecular formula is C21H22FN3. The van der Waals surface area contributed by atoms with E-state index >= 15 is 0 Å². The van der Waals surface area contributed by atoms with Crippen LogP contribution in [0, 0.1) is 5.82 Å². The lowest BCUT2D eigenvalue weighted by Crippen LogP contribution is -2.31. The average Bonchev–Trinajstić information content (AvgIpc) is 3.18. The van der Waals surface area contributed by atoms with Crippen molar-refractivity contribution in [2.24, 2.45) is 0 Å². The molecule has 1 aliphatic heterocycles. The molecule has 0 amide bonds. The third kappa shape index (κ3) is 3.64. The molecule has 2 aromatic carbocycles.